The zero-order valence-corrected chi connectivity index (χ0v) is 40.6. The summed E-state index contributed by atoms with van der Waals surface area (Å²) in [4.78, 5) is 37.8. The molecule has 0 aliphatic rings. The Bertz CT molecular complexity index is 1180. The Morgan fingerprint density at radius 1 is 0.339 bits per heavy atom. The van der Waals surface area contributed by atoms with Gasteiger partial charge in [-0.3, -0.25) is 14.4 Å². The fraction of sp³-hybridized carbons (Fsp3) is 0.732. The highest BCUT2D eigenvalue weighted by atomic mass is 16.6. The van der Waals surface area contributed by atoms with Crippen LogP contribution in [0.4, 0.5) is 0 Å². The molecule has 6 nitrogen and oxygen atoms in total. The molecule has 0 aliphatic heterocycles. The summed E-state index contributed by atoms with van der Waals surface area (Å²) >= 11 is 0. The van der Waals surface area contributed by atoms with E-state index in [1.54, 1.807) is 0 Å². The van der Waals surface area contributed by atoms with Crippen LogP contribution in [-0.4, -0.2) is 37.2 Å². The molecule has 0 aromatic carbocycles. The van der Waals surface area contributed by atoms with Gasteiger partial charge in [0.1, 0.15) is 13.2 Å². The average Bonchev–Trinajstić information content (AvgIpc) is 3.27. The van der Waals surface area contributed by atoms with Gasteiger partial charge in [0.15, 0.2) is 6.10 Å². The smallest absolute Gasteiger partial charge is 0.306 e. The van der Waals surface area contributed by atoms with E-state index in [0.29, 0.717) is 19.3 Å². The minimum absolute atomic E-state index is 0.0810. The molecule has 0 heterocycles. The van der Waals surface area contributed by atoms with Gasteiger partial charge in [-0.15, -0.1) is 0 Å². The van der Waals surface area contributed by atoms with E-state index in [1.807, 2.05) is 0 Å². The monoisotopic (exact) mass is 865 g/mol. The van der Waals surface area contributed by atoms with E-state index in [9.17, 15) is 14.4 Å². The minimum Gasteiger partial charge on any atom is -0.462 e. The molecule has 0 aromatic rings. The molecule has 1 unspecified atom stereocenters. The van der Waals surface area contributed by atoms with E-state index in [1.165, 1.54) is 96.3 Å². The van der Waals surface area contributed by atoms with Crippen molar-refractivity contribution in [3.63, 3.8) is 0 Å². The van der Waals surface area contributed by atoms with Crippen molar-refractivity contribution in [3.05, 3.63) is 72.9 Å². The van der Waals surface area contributed by atoms with E-state index in [-0.39, 0.29) is 31.1 Å². The summed E-state index contributed by atoms with van der Waals surface area (Å²) in [5.41, 5.74) is 0. The third kappa shape index (κ3) is 47.9. The lowest BCUT2D eigenvalue weighted by molar-refractivity contribution is -0.167. The number of allylic oxidation sites excluding steroid dienone is 12. The van der Waals surface area contributed by atoms with Crippen molar-refractivity contribution >= 4 is 17.9 Å². The molecule has 0 rings (SSSR count). The van der Waals surface area contributed by atoms with Crippen molar-refractivity contribution in [1.82, 2.24) is 0 Å². The van der Waals surface area contributed by atoms with Crippen LogP contribution in [-0.2, 0) is 28.6 Å². The molecule has 0 aliphatic carbocycles. The normalized spacial score (nSPS) is 12.6. The highest BCUT2D eigenvalue weighted by Gasteiger charge is 2.19. The number of hydrogen-bond acceptors (Lipinski definition) is 6. The van der Waals surface area contributed by atoms with E-state index in [2.05, 4.69) is 93.7 Å². The van der Waals surface area contributed by atoms with E-state index >= 15 is 0 Å². The number of rotatable bonds is 46. The molecule has 0 N–H and O–H groups in total. The minimum atomic E-state index is -0.780. The first-order valence-corrected chi connectivity index (χ1v) is 25.9. The zero-order valence-electron chi connectivity index (χ0n) is 40.6. The first-order valence-electron chi connectivity index (χ1n) is 25.9. The van der Waals surface area contributed by atoms with Gasteiger partial charge in [-0.1, -0.05) is 209 Å². The van der Waals surface area contributed by atoms with Crippen LogP contribution in [0.3, 0.4) is 0 Å². The molecular weight excluding hydrogens is 769 g/mol. The molecule has 1 atom stereocenters. The van der Waals surface area contributed by atoms with Crippen LogP contribution >= 0.6 is 0 Å². The Morgan fingerprint density at radius 2 is 0.629 bits per heavy atom. The van der Waals surface area contributed by atoms with E-state index in [0.717, 1.165) is 109 Å². The summed E-state index contributed by atoms with van der Waals surface area (Å²) in [5, 5.41) is 0. The molecule has 62 heavy (non-hydrogen) atoms. The summed E-state index contributed by atoms with van der Waals surface area (Å²) < 4.78 is 16.7. The number of hydrogen-bond donors (Lipinski definition) is 0. The topological polar surface area (TPSA) is 78.9 Å². The molecule has 6 heteroatoms. The molecule has 0 bridgehead atoms. The Morgan fingerprint density at radius 3 is 1.03 bits per heavy atom. The summed E-state index contributed by atoms with van der Waals surface area (Å²) in [5.74, 6) is -0.904. The molecule has 0 radical (unpaired) electrons. The summed E-state index contributed by atoms with van der Waals surface area (Å²) in [6, 6.07) is 0. The van der Waals surface area contributed by atoms with E-state index in [4.69, 9.17) is 14.2 Å². The van der Waals surface area contributed by atoms with Gasteiger partial charge in [-0.05, 0) is 89.9 Å². The number of carbonyl (C=O) groups is 3. The lowest BCUT2D eigenvalue weighted by atomic mass is 10.1. The van der Waals surface area contributed by atoms with Gasteiger partial charge in [0.25, 0.3) is 0 Å². The van der Waals surface area contributed by atoms with Crippen molar-refractivity contribution < 1.29 is 28.6 Å². The largest absolute Gasteiger partial charge is 0.462 e. The van der Waals surface area contributed by atoms with E-state index < -0.39 is 6.10 Å². The Kier molecular flexibility index (Phi) is 47.9. The van der Waals surface area contributed by atoms with Gasteiger partial charge in [0.05, 0.1) is 0 Å². The molecule has 356 valence electrons. The van der Waals surface area contributed by atoms with Gasteiger partial charge in [0, 0.05) is 19.3 Å². The Balaban J connectivity index is 4.28. The summed E-state index contributed by atoms with van der Waals surface area (Å²) in [6.45, 7) is 6.46. The Hall–Kier alpha value is -3.15. The van der Waals surface area contributed by atoms with Crippen LogP contribution in [0.1, 0.15) is 245 Å². The van der Waals surface area contributed by atoms with Crippen LogP contribution in [0.2, 0.25) is 0 Å². The molecule has 0 saturated carbocycles. The number of ether oxygens (including phenoxy) is 3. The molecule has 0 spiro atoms. The third-order valence-corrected chi connectivity index (χ3v) is 10.9. The molecule has 0 amide bonds. The first kappa shape index (κ1) is 58.9. The highest BCUT2D eigenvalue weighted by molar-refractivity contribution is 5.71. The number of carbonyl (C=O) groups excluding carboxylic acids is 3. The molecule has 0 saturated heterocycles. The maximum Gasteiger partial charge on any atom is 0.306 e. The van der Waals surface area contributed by atoms with Crippen molar-refractivity contribution in [2.24, 2.45) is 0 Å². The van der Waals surface area contributed by atoms with Gasteiger partial charge in [0.2, 0.25) is 0 Å². The van der Waals surface area contributed by atoms with Crippen molar-refractivity contribution in [2.75, 3.05) is 13.2 Å². The average molecular weight is 865 g/mol. The van der Waals surface area contributed by atoms with Crippen molar-refractivity contribution in [2.45, 2.75) is 252 Å². The van der Waals surface area contributed by atoms with Gasteiger partial charge >= 0.3 is 17.9 Å². The quantitative estimate of drug-likeness (QED) is 0.0262. The SMILES string of the molecule is CC/C=C\C/C=C\C/C=C\C/C=C\C/C=C\CCCCCCCCCC(=O)OCC(COC(=O)CCCCCCCCCCC)OC(=O)CCCCCCC/C=C\CCCCC. The second-order valence-corrected chi connectivity index (χ2v) is 17.1. The number of unbranched alkanes of at least 4 members (excludes halogenated alkanes) is 23. The van der Waals surface area contributed by atoms with Crippen LogP contribution in [0.25, 0.3) is 0 Å². The zero-order chi connectivity index (χ0) is 45.1. The summed E-state index contributed by atoms with van der Waals surface area (Å²) in [7, 11) is 0. The predicted octanol–water partition coefficient (Wildman–Crippen LogP) is 17.0. The molecular formula is C56H96O6. The van der Waals surface area contributed by atoms with Gasteiger partial charge < -0.3 is 14.2 Å². The maximum atomic E-state index is 12.7. The van der Waals surface area contributed by atoms with Crippen molar-refractivity contribution in [3.8, 4) is 0 Å². The fourth-order valence-corrected chi connectivity index (χ4v) is 7.05. The van der Waals surface area contributed by atoms with Gasteiger partial charge in [-0.25, -0.2) is 0 Å². The predicted molar refractivity (Wildman–Crippen MR) is 265 cm³/mol. The lowest BCUT2D eigenvalue weighted by Crippen LogP contribution is -2.30. The maximum absolute atomic E-state index is 12.7. The lowest BCUT2D eigenvalue weighted by Gasteiger charge is -2.18. The first-order chi connectivity index (χ1) is 30.5. The molecule has 0 fully saturated rings. The highest BCUT2D eigenvalue weighted by Crippen LogP contribution is 2.14. The summed E-state index contributed by atoms with van der Waals surface area (Å²) in [6.07, 6.45) is 63.2. The third-order valence-electron chi connectivity index (χ3n) is 10.9. The second kappa shape index (κ2) is 50.5. The molecule has 0 aromatic heterocycles. The van der Waals surface area contributed by atoms with Crippen molar-refractivity contribution in [1.29, 1.82) is 0 Å². The van der Waals surface area contributed by atoms with Crippen LogP contribution in [0.5, 0.6) is 0 Å². The second-order valence-electron chi connectivity index (χ2n) is 17.1. The van der Waals surface area contributed by atoms with Crippen LogP contribution in [0, 0.1) is 0 Å². The Labute approximate surface area is 382 Å². The fourth-order valence-electron chi connectivity index (χ4n) is 7.05. The van der Waals surface area contributed by atoms with Crippen LogP contribution < -0.4 is 0 Å². The van der Waals surface area contributed by atoms with Crippen LogP contribution in [0.15, 0.2) is 72.9 Å². The number of esters is 3. The van der Waals surface area contributed by atoms with Gasteiger partial charge in [-0.2, -0.15) is 0 Å². The standard InChI is InChI=1S/C56H96O6/c1-4-7-10-13-16-19-21-23-24-25-26-27-28-29-30-31-32-33-35-37-40-43-46-49-55(58)61-52-53(51-60-54(57)48-45-42-39-36-18-15-12-9-6-3)62-56(59)50-47-44-41-38-34-22-20-17-14-11-8-5-2/h7,10,16-17,19-20,23-24,26-27,29-30,53H,4-6,8-9,11-15,18,21-22,25,28,31-52H2,1-3H3/b10-7-,19-16-,20-17-,24-23-,27-26-,30-29-.